The maximum absolute atomic E-state index is 13.0. The lowest BCUT2D eigenvalue weighted by Gasteiger charge is -2.09. The highest BCUT2D eigenvalue weighted by Crippen LogP contribution is 2.25. The van der Waals surface area contributed by atoms with E-state index in [-0.39, 0.29) is 0 Å². The first-order chi connectivity index (χ1) is 13.3. The van der Waals surface area contributed by atoms with Gasteiger partial charge in [0, 0.05) is 11.9 Å². The molecule has 28 heavy (non-hydrogen) atoms. The standard InChI is InChI=1S/C17H14ClF4N5O/c18-11-6-23-26(8-11)7-10-2-1-3-12(4-10)24-15(28)9-27-14(17(21)22)5-13(25-27)16(19)20/h1-6,8,16-17H,7,9H2,(H,24,28). The van der Waals surface area contributed by atoms with Crippen LogP contribution in [0.5, 0.6) is 0 Å². The average molecular weight is 416 g/mol. The summed E-state index contributed by atoms with van der Waals surface area (Å²) in [6, 6.07) is 7.39. The second-order valence-electron chi connectivity index (χ2n) is 5.86. The van der Waals surface area contributed by atoms with Crippen molar-refractivity contribution < 1.29 is 22.4 Å². The van der Waals surface area contributed by atoms with Crippen LogP contribution in [0.15, 0.2) is 42.7 Å². The fraction of sp³-hybridized carbons (Fsp3) is 0.235. The molecule has 0 atom stereocenters. The van der Waals surface area contributed by atoms with Gasteiger partial charge in [0.15, 0.2) is 0 Å². The van der Waals surface area contributed by atoms with E-state index in [9.17, 15) is 22.4 Å². The van der Waals surface area contributed by atoms with Gasteiger partial charge in [0.25, 0.3) is 12.9 Å². The van der Waals surface area contributed by atoms with E-state index in [0.717, 1.165) is 5.56 Å². The molecular weight excluding hydrogens is 402 g/mol. The Kier molecular flexibility index (Phi) is 5.98. The molecule has 0 bridgehead atoms. The molecule has 0 aliphatic rings. The quantitative estimate of drug-likeness (QED) is 0.585. The molecule has 148 valence electrons. The third kappa shape index (κ3) is 4.89. The zero-order chi connectivity index (χ0) is 20.3. The van der Waals surface area contributed by atoms with Crippen molar-refractivity contribution >= 4 is 23.2 Å². The summed E-state index contributed by atoms with van der Waals surface area (Å²) in [4.78, 5) is 12.2. The van der Waals surface area contributed by atoms with Gasteiger partial charge in [-0.3, -0.25) is 14.2 Å². The Morgan fingerprint density at radius 3 is 2.61 bits per heavy atom. The third-order valence-electron chi connectivity index (χ3n) is 3.73. The number of halogens is 5. The van der Waals surface area contributed by atoms with E-state index < -0.39 is 36.7 Å². The SMILES string of the molecule is O=C(Cn1nc(C(F)F)cc1C(F)F)Nc1cccc(Cn2cc(Cl)cn2)c1. The molecule has 3 aromatic rings. The van der Waals surface area contributed by atoms with E-state index in [2.05, 4.69) is 15.5 Å². The Bertz CT molecular complexity index is 972. The number of rotatable bonds is 7. The van der Waals surface area contributed by atoms with Crippen LogP contribution in [0, 0.1) is 0 Å². The number of carbonyl (C=O) groups is 1. The lowest BCUT2D eigenvalue weighted by atomic mass is 10.2. The Morgan fingerprint density at radius 2 is 1.96 bits per heavy atom. The van der Waals surface area contributed by atoms with Gasteiger partial charge in [0.1, 0.15) is 17.9 Å². The largest absolute Gasteiger partial charge is 0.324 e. The van der Waals surface area contributed by atoms with Gasteiger partial charge in [-0.2, -0.15) is 10.2 Å². The highest BCUT2D eigenvalue weighted by atomic mass is 35.5. The summed E-state index contributed by atoms with van der Waals surface area (Å²) in [5.41, 5.74) is -0.316. The lowest BCUT2D eigenvalue weighted by molar-refractivity contribution is -0.117. The number of hydrogen-bond acceptors (Lipinski definition) is 3. The normalized spacial score (nSPS) is 11.4. The molecule has 11 heteroatoms. The number of hydrogen-bond donors (Lipinski definition) is 1. The average Bonchev–Trinajstić information content (AvgIpc) is 3.21. The number of aromatic nitrogens is 4. The summed E-state index contributed by atoms with van der Waals surface area (Å²) in [6.07, 6.45) is -2.91. The van der Waals surface area contributed by atoms with Crippen LogP contribution in [0.3, 0.4) is 0 Å². The van der Waals surface area contributed by atoms with Crippen molar-refractivity contribution in [1.82, 2.24) is 19.6 Å². The van der Waals surface area contributed by atoms with E-state index in [1.54, 1.807) is 29.1 Å². The van der Waals surface area contributed by atoms with Gasteiger partial charge in [-0.1, -0.05) is 23.7 Å². The minimum absolute atomic E-state index is 0.406. The van der Waals surface area contributed by atoms with Gasteiger partial charge in [0.05, 0.1) is 17.8 Å². The van der Waals surface area contributed by atoms with Crippen molar-refractivity contribution in [2.24, 2.45) is 0 Å². The number of nitrogens with zero attached hydrogens (tertiary/aromatic N) is 4. The Morgan fingerprint density at radius 1 is 1.18 bits per heavy atom. The number of nitrogens with one attached hydrogen (secondary N) is 1. The van der Waals surface area contributed by atoms with Crippen molar-refractivity contribution in [1.29, 1.82) is 0 Å². The predicted molar refractivity (Wildman–Crippen MR) is 93.6 cm³/mol. The second kappa shape index (κ2) is 8.42. The van der Waals surface area contributed by atoms with Crippen LogP contribution in [0.1, 0.15) is 29.8 Å². The molecule has 0 aliphatic heterocycles. The first-order valence-electron chi connectivity index (χ1n) is 8.02. The molecule has 0 saturated carbocycles. The topological polar surface area (TPSA) is 64.7 Å². The molecule has 2 heterocycles. The van der Waals surface area contributed by atoms with Crippen LogP contribution < -0.4 is 5.32 Å². The van der Waals surface area contributed by atoms with Crippen molar-refractivity contribution in [3.8, 4) is 0 Å². The molecule has 0 radical (unpaired) electrons. The second-order valence-corrected chi connectivity index (χ2v) is 6.29. The molecular formula is C17H14ClF4N5O. The fourth-order valence-corrected chi connectivity index (χ4v) is 2.71. The van der Waals surface area contributed by atoms with Crippen molar-refractivity contribution in [2.75, 3.05) is 5.32 Å². The molecule has 0 aliphatic carbocycles. The summed E-state index contributed by atoms with van der Waals surface area (Å²) < 4.78 is 53.6. The summed E-state index contributed by atoms with van der Waals surface area (Å²) >= 11 is 5.81. The molecule has 6 nitrogen and oxygen atoms in total. The first-order valence-corrected chi connectivity index (χ1v) is 8.40. The van der Waals surface area contributed by atoms with Crippen LogP contribution in [0.25, 0.3) is 0 Å². The predicted octanol–water partition coefficient (Wildman–Crippen LogP) is 4.30. The summed E-state index contributed by atoms with van der Waals surface area (Å²) in [6.45, 7) is -0.214. The molecule has 0 spiro atoms. The monoisotopic (exact) mass is 415 g/mol. The summed E-state index contributed by atoms with van der Waals surface area (Å²) in [5.74, 6) is -0.676. The molecule has 2 aromatic heterocycles. The van der Waals surface area contributed by atoms with Gasteiger partial charge < -0.3 is 5.32 Å². The number of amides is 1. The number of carbonyl (C=O) groups excluding carboxylic acids is 1. The van der Waals surface area contributed by atoms with E-state index in [4.69, 9.17) is 11.6 Å². The maximum atomic E-state index is 13.0. The maximum Gasteiger partial charge on any atom is 0.282 e. The van der Waals surface area contributed by atoms with Crippen molar-refractivity contribution in [3.05, 3.63) is 64.7 Å². The highest BCUT2D eigenvalue weighted by Gasteiger charge is 2.22. The van der Waals surface area contributed by atoms with E-state index >= 15 is 0 Å². The Hall–Kier alpha value is -2.88. The molecule has 0 unspecified atom stereocenters. The van der Waals surface area contributed by atoms with Crippen LogP contribution >= 0.6 is 11.6 Å². The van der Waals surface area contributed by atoms with Crippen LogP contribution in [0.4, 0.5) is 23.2 Å². The van der Waals surface area contributed by atoms with Gasteiger partial charge in [-0.05, 0) is 23.8 Å². The molecule has 1 N–H and O–H groups in total. The van der Waals surface area contributed by atoms with Crippen LogP contribution in [0.2, 0.25) is 5.02 Å². The van der Waals surface area contributed by atoms with E-state index in [0.29, 0.717) is 28.0 Å². The summed E-state index contributed by atoms with van der Waals surface area (Å²) in [5, 5.41) is 10.5. The van der Waals surface area contributed by atoms with Gasteiger partial charge in [0.2, 0.25) is 5.91 Å². The van der Waals surface area contributed by atoms with Crippen LogP contribution in [-0.4, -0.2) is 25.5 Å². The van der Waals surface area contributed by atoms with Crippen LogP contribution in [-0.2, 0) is 17.9 Å². The number of alkyl halides is 4. The molecule has 0 fully saturated rings. The minimum atomic E-state index is -3.03. The smallest absolute Gasteiger partial charge is 0.282 e. The van der Waals surface area contributed by atoms with E-state index in [1.165, 1.54) is 6.20 Å². The fourth-order valence-electron chi connectivity index (χ4n) is 2.56. The lowest BCUT2D eigenvalue weighted by Crippen LogP contribution is -2.21. The zero-order valence-electron chi connectivity index (χ0n) is 14.2. The third-order valence-corrected chi connectivity index (χ3v) is 3.92. The molecule has 1 aromatic carbocycles. The van der Waals surface area contributed by atoms with Gasteiger partial charge in [-0.25, -0.2) is 17.6 Å². The molecule has 1 amide bonds. The van der Waals surface area contributed by atoms with Gasteiger partial charge in [-0.15, -0.1) is 0 Å². The first kappa shape index (κ1) is 19.9. The molecule has 0 saturated heterocycles. The molecule has 3 rings (SSSR count). The van der Waals surface area contributed by atoms with Crippen molar-refractivity contribution in [3.63, 3.8) is 0 Å². The number of benzene rings is 1. The highest BCUT2D eigenvalue weighted by molar-refractivity contribution is 6.30. The minimum Gasteiger partial charge on any atom is -0.324 e. The Balaban J connectivity index is 1.69. The van der Waals surface area contributed by atoms with Crippen molar-refractivity contribution in [2.45, 2.75) is 25.9 Å². The van der Waals surface area contributed by atoms with E-state index in [1.807, 2.05) is 6.07 Å². The van der Waals surface area contributed by atoms with Gasteiger partial charge >= 0.3 is 0 Å². The Labute approximate surface area is 161 Å². The number of anilines is 1. The summed E-state index contributed by atoms with van der Waals surface area (Å²) in [7, 11) is 0. The zero-order valence-corrected chi connectivity index (χ0v) is 15.0.